The van der Waals surface area contributed by atoms with Crippen molar-refractivity contribution in [1.29, 1.82) is 0 Å². The minimum Gasteiger partial charge on any atom is -0.392 e. The molecule has 2 rings (SSSR count). The van der Waals surface area contributed by atoms with Gasteiger partial charge in [-0.15, -0.1) is 0 Å². The molecule has 2 N–H and O–H groups in total. The van der Waals surface area contributed by atoms with Crippen LogP contribution in [0.15, 0.2) is 24.3 Å². The molecule has 0 saturated carbocycles. The third-order valence-electron chi connectivity index (χ3n) is 4.22. The lowest BCUT2D eigenvalue weighted by Gasteiger charge is -2.35. The highest BCUT2D eigenvalue weighted by Gasteiger charge is 2.30. The van der Waals surface area contributed by atoms with Crippen molar-refractivity contribution in [2.24, 2.45) is 5.92 Å². The molecule has 22 heavy (non-hydrogen) atoms. The summed E-state index contributed by atoms with van der Waals surface area (Å²) in [5.74, 6) is 0.267. The van der Waals surface area contributed by atoms with E-state index in [1.165, 1.54) is 12.1 Å². The number of β-amino-alcohol motifs (C(OH)–C–C–N with tert-alkyl or cyclic N) is 2. The van der Waals surface area contributed by atoms with Gasteiger partial charge in [0.25, 0.3) is 0 Å². The molecule has 1 aromatic rings. The number of alkyl halides is 3. The molecular weight excluding hydrogens is 295 g/mol. The van der Waals surface area contributed by atoms with Gasteiger partial charge in [-0.25, -0.2) is 0 Å². The summed E-state index contributed by atoms with van der Waals surface area (Å²) in [6.07, 6.45) is -4.18. The average molecular weight is 317 g/mol. The smallest absolute Gasteiger partial charge is 0.392 e. The monoisotopic (exact) mass is 317 g/mol. The molecule has 3 nitrogen and oxygen atoms in total. The number of aliphatic hydroxyl groups is 2. The van der Waals surface area contributed by atoms with E-state index in [1.807, 2.05) is 11.8 Å². The van der Waals surface area contributed by atoms with E-state index in [1.54, 1.807) is 0 Å². The molecular formula is C16H22F3NO2. The lowest BCUT2D eigenvalue weighted by Crippen LogP contribution is -2.46. The van der Waals surface area contributed by atoms with Gasteiger partial charge in [0.15, 0.2) is 0 Å². The van der Waals surface area contributed by atoms with E-state index in [4.69, 9.17) is 0 Å². The highest BCUT2D eigenvalue weighted by molar-refractivity contribution is 5.25. The van der Waals surface area contributed by atoms with E-state index < -0.39 is 17.8 Å². The fraction of sp³-hybridized carbons (Fsp3) is 0.625. The predicted octanol–water partition coefficient (Wildman–Crippen LogP) is 2.31. The lowest BCUT2D eigenvalue weighted by molar-refractivity contribution is -0.137. The van der Waals surface area contributed by atoms with Crippen LogP contribution in [-0.4, -0.2) is 47.0 Å². The summed E-state index contributed by atoms with van der Waals surface area (Å²) in [5, 5.41) is 19.9. The summed E-state index contributed by atoms with van der Waals surface area (Å²) < 4.78 is 37.4. The van der Waals surface area contributed by atoms with Crippen LogP contribution in [0, 0.1) is 5.92 Å². The van der Waals surface area contributed by atoms with Crippen molar-refractivity contribution in [3.8, 4) is 0 Å². The highest BCUT2D eigenvalue weighted by Crippen LogP contribution is 2.29. The number of benzene rings is 1. The molecule has 3 atom stereocenters. The van der Waals surface area contributed by atoms with Crippen molar-refractivity contribution in [3.63, 3.8) is 0 Å². The Morgan fingerprint density at radius 3 is 2.45 bits per heavy atom. The lowest BCUT2D eigenvalue weighted by atomic mass is 9.95. The Hall–Kier alpha value is -1.11. The Bertz CT molecular complexity index is 475. The minimum atomic E-state index is -4.34. The maximum atomic E-state index is 12.5. The maximum Gasteiger partial charge on any atom is 0.416 e. The molecule has 124 valence electrons. The first-order chi connectivity index (χ1) is 10.3. The van der Waals surface area contributed by atoms with Crippen LogP contribution in [0.5, 0.6) is 0 Å². The quantitative estimate of drug-likeness (QED) is 0.896. The van der Waals surface area contributed by atoms with Crippen molar-refractivity contribution in [2.45, 2.75) is 38.1 Å². The van der Waals surface area contributed by atoms with Crippen LogP contribution in [0.25, 0.3) is 0 Å². The van der Waals surface area contributed by atoms with Gasteiger partial charge in [-0.05, 0) is 43.0 Å². The van der Waals surface area contributed by atoms with E-state index in [9.17, 15) is 23.4 Å². The molecule has 1 aromatic carbocycles. The number of nitrogens with zero attached hydrogens (tertiary/aromatic N) is 1. The normalized spacial score (nSPS) is 25.2. The summed E-state index contributed by atoms with van der Waals surface area (Å²) in [6, 6.07) is 4.88. The predicted molar refractivity (Wildman–Crippen MR) is 77.4 cm³/mol. The molecule has 0 aromatic heterocycles. The van der Waals surface area contributed by atoms with Crippen molar-refractivity contribution in [1.82, 2.24) is 4.90 Å². The third-order valence-corrected chi connectivity index (χ3v) is 4.22. The summed E-state index contributed by atoms with van der Waals surface area (Å²) in [6.45, 7) is 3.78. The molecule has 0 bridgehead atoms. The summed E-state index contributed by atoms with van der Waals surface area (Å²) >= 11 is 0. The second-order valence-electron chi connectivity index (χ2n) is 6.15. The standard InChI is InChI=1S/C16H22F3NO2/c1-11-6-7-20(10-15(11)22)9-14(21)8-12-2-4-13(5-3-12)16(17,18)19/h2-5,11,14-15,21-22H,6-10H2,1H3. The van der Waals surface area contributed by atoms with E-state index in [0.717, 1.165) is 25.1 Å². The Labute approximate surface area is 128 Å². The minimum absolute atomic E-state index is 0.267. The van der Waals surface area contributed by atoms with Gasteiger partial charge in [0.1, 0.15) is 0 Å². The molecule has 1 aliphatic heterocycles. The maximum absolute atomic E-state index is 12.5. The van der Waals surface area contributed by atoms with Crippen LogP contribution in [0.2, 0.25) is 0 Å². The van der Waals surface area contributed by atoms with Gasteiger partial charge in [0, 0.05) is 13.1 Å². The zero-order valence-corrected chi connectivity index (χ0v) is 12.6. The second kappa shape index (κ2) is 6.98. The number of aliphatic hydroxyl groups excluding tert-OH is 2. The molecule has 1 heterocycles. The number of halogens is 3. The van der Waals surface area contributed by atoms with Crippen molar-refractivity contribution in [3.05, 3.63) is 35.4 Å². The number of likely N-dealkylation sites (tertiary alicyclic amines) is 1. The zero-order valence-electron chi connectivity index (χ0n) is 12.6. The largest absolute Gasteiger partial charge is 0.416 e. The first kappa shape index (κ1) is 17.2. The first-order valence-corrected chi connectivity index (χ1v) is 7.50. The zero-order chi connectivity index (χ0) is 16.3. The fourth-order valence-corrected chi connectivity index (χ4v) is 2.74. The second-order valence-corrected chi connectivity index (χ2v) is 6.15. The van der Waals surface area contributed by atoms with Gasteiger partial charge in [-0.2, -0.15) is 13.2 Å². The Kier molecular flexibility index (Phi) is 5.47. The third kappa shape index (κ3) is 4.69. The summed E-state index contributed by atoms with van der Waals surface area (Å²) in [5.41, 5.74) is -0.00898. The molecule has 3 unspecified atom stereocenters. The van der Waals surface area contributed by atoms with Crippen molar-refractivity contribution in [2.75, 3.05) is 19.6 Å². The molecule has 0 radical (unpaired) electrons. The van der Waals surface area contributed by atoms with Crippen LogP contribution >= 0.6 is 0 Å². The van der Waals surface area contributed by atoms with Crippen molar-refractivity contribution >= 4 is 0 Å². The first-order valence-electron chi connectivity index (χ1n) is 7.50. The number of hydrogen-bond acceptors (Lipinski definition) is 3. The van der Waals surface area contributed by atoms with Gasteiger partial charge in [0.2, 0.25) is 0 Å². The number of rotatable bonds is 4. The molecule has 0 amide bonds. The van der Waals surface area contributed by atoms with E-state index in [0.29, 0.717) is 25.1 Å². The number of piperidine rings is 1. The van der Waals surface area contributed by atoms with Gasteiger partial charge >= 0.3 is 6.18 Å². The molecule has 1 aliphatic rings. The van der Waals surface area contributed by atoms with Crippen LogP contribution in [0.4, 0.5) is 13.2 Å². The molecule has 1 saturated heterocycles. The summed E-state index contributed by atoms with van der Waals surface area (Å²) in [7, 11) is 0. The van der Waals surface area contributed by atoms with Crippen LogP contribution in [-0.2, 0) is 12.6 Å². The Morgan fingerprint density at radius 1 is 1.27 bits per heavy atom. The van der Waals surface area contributed by atoms with Gasteiger partial charge in [0.05, 0.1) is 17.8 Å². The van der Waals surface area contributed by atoms with E-state index >= 15 is 0 Å². The molecule has 1 fully saturated rings. The fourth-order valence-electron chi connectivity index (χ4n) is 2.74. The number of hydrogen-bond donors (Lipinski definition) is 2. The van der Waals surface area contributed by atoms with Crippen LogP contribution in [0.3, 0.4) is 0 Å². The molecule has 0 aliphatic carbocycles. The Morgan fingerprint density at radius 2 is 1.91 bits per heavy atom. The van der Waals surface area contributed by atoms with Gasteiger partial charge in [-0.3, -0.25) is 4.90 Å². The van der Waals surface area contributed by atoms with E-state index in [-0.39, 0.29) is 12.0 Å². The SMILES string of the molecule is CC1CCN(CC(O)Cc2ccc(C(F)(F)F)cc2)CC1O. The Balaban J connectivity index is 1.85. The van der Waals surface area contributed by atoms with E-state index in [2.05, 4.69) is 0 Å². The van der Waals surface area contributed by atoms with Crippen LogP contribution in [0.1, 0.15) is 24.5 Å². The average Bonchev–Trinajstić information content (AvgIpc) is 2.42. The van der Waals surface area contributed by atoms with Crippen LogP contribution < -0.4 is 0 Å². The van der Waals surface area contributed by atoms with Gasteiger partial charge in [-0.1, -0.05) is 19.1 Å². The topological polar surface area (TPSA) is 43.7 Å². The van der Waals surface area contributed by atoms with Gasteiger partial charge < -0.3 is 10.2 Å². The molecule has 0 spiro atoms. The summed E-state index contributed by atoms with van der Waals surface area (Å²) in [4.78, 5) is 2.00. The van der Waals surface area contributed by atoms with Crippen molar-refractivity contribution < 1.29 is 23.4 Å². The highest BCUT2D eigenvalue weighted by atomic mass is 19.4. The molecule has 6 heteroatoms.